The lowest BCUT2D eigenvalue weighted by Gasteiger charge is -2.44. The predicted octanol–water partition coefficient (Wildman–Crippen LogP) is 2.90. The Morgan fingerprint density at radius 2 is 1.94 bits per heavy atom. The zero-order valence-corrected chi connectivity index (χ0v) is 20.8. The minimum atomic E-state index is -1.05. The van der Waals surface area contributed by atoms with E-state index in [2.05, 4.69) is 15.6 Å². The third kappa shape index (κ3) is 4.90. The Hall–Kier alpha value is -3.36. The van der Waals surface area contributed by atoms with Crippen molar-refractivity contribution in [3.63, 3.8) is 0 Å². The SMILES string of the molecule is CCCN1C(=O)c2c(C(=O)NCc3ccccc3OCC)ncn2CC1(C)C(=O)NC1CCCC1. The molecule has 1 aromatic carbocycles. The van der Waals surface area contributed by atoms with Crippen LogP contribution in [0.4, 0.5) is 0 Å². The van der Waals surface area contributed by atoms with Gasteiger partial charge in [-0.05, 0) is 39.2 Å². The van der Waals surface area contributed by atoms with Gasteiger partial charge in [0.2, 0.25) is 5.91 Å². The number of imidazole rings is 1. The molecule has 9 heteroatoms. The average Bonchev–Trinajstić information content (AvgIpc) is 3.51. The van der Waals surface area contributed by atoms with Crippen molar-refractivity contribution in [2.45, 2.75) is 77.5 Å². The van der Waals surface area contributed by atoms with Gasteiger partial charge in [0.05, 0.1) is 19.5 Å². The number of benzene rings is 1. The van der Waals surface area contributed by atoms with E-state index in [4.69, 9.17) is 4.74 Å². The van der Waals surface area contributed by atoms with Gasteiger partial charge in [-0.1, -0.05) is 38.0 Å². The van der Waals surface area contributed by atoms with Crippen molar-refractivity contribution in [3.05, 3.63) is 47.5 Å². The molecule has 1 saturated carbocycles. The van der Waals surface area contributed by atoms with E-state index in [1.54, 1.807) is 16.4 Å². The van der Waals surface area contributed by atoms with E-state index >= 15 is 0 Å². The summed E-state index contributed by atoms with van der Waals surface area (Å²) < 4.78 is 7.28. The first kappa shape index (κ1) is 24.8. The first-order chi connectivity index (χ1) is 16.9. The van der Waals surface area contributed by atoms with Gasteiger partial charge in [0, 0.05) is 24.7 Å². The van der Waals surface area contributed by atoms with Crippen LogP contribution in [0.2, 0.25) is 0 Å². The van der Waals surface area contributed by atoms with Gasteiger partial charge >= 0.3 is 0 Å². The van der Waals surface area contributed by atoms with Crippen LogP contribution in [-0.2, 0) is 17.9 Å². The molecule has 35 heavy (non-hydrogen) atoms. The van der Waals surface area contributed by atoms with Gasteiger partial charge < -0.3 is 24.8 Å². The van der Waals surface area contributed by atoms with Crippen molar-refractivity contribution >= 4 is 17.7 Å². The van der Waals surface area contributed by atoms with Gasteiger partial charge in [-0.25, -0.2) is 4.98 Å². The average molecular weight is 482 g/mol. The Bertz CT molecular complexity index is 1090. The molecule has 9 nitrogen and oxygen atoms in total. The second-order valence-electron chi connectivity index (χ2n) is 9.48. The first-order valence-electron chi connectivity index (χ1n) is 12.6. The van der Waals surface area contributed by atoms with Crippen LogP contribution in [-0.4, -0.2) is 56.9 Å². The highest BCUT2D eigenvalue weighted by atomic mass is 16.5. The van der Waals surface area contributed by atoms with E-state index in [1.165, 1.54) is 6.33 Å². The van der Waals surface area contributed by atoms with Gasteiger partial charge in [-0.15, -0.1) is 0 Å². The second kappa shape index (κ2) is 10.5. The summed E-state index contributed by atoms with van der Waals surface area (Å²) in [5, 5.41) is 6.02. The zero-order chi connectivity index (χ0) is 25.0. The molecule has 1 unspecified atom stereocenters. The summed E-state index contributed by atoms with van der Waals surface area (Å²) in [4.78, 5) is 46.0. The number of ether oxygens (including phenoxy) is 1. The molecule has 0 spiro atoms. The maximum atomic E-state index is 13.6. The molecule has 0 saturated heterocycles. The number of aromatic nitrogens is 2. The fourth-order valence-corrected chi connectivity index (χ4v) is 5.04. The zero-order valence-electron chi connectivity index (χ0n) is 20.8. The number of amides is 3. The molecule has 2 aromatic rings. The largest absolute Gasteiger partial charge is 0.494 e. The van der Waals surface area contributed by atoms with Crippen molar-refractivity contribution in [2.24, 2.45) is 0 Å². The first-order valence-corrected chi connectivity index (χ1v) is 12.6. The number of hydrogen-bond acceptors (Lipinski definition) is 5. The van der Waals surface area contributed by atoms with E-state index in [0.717, 1.165) is 31.2 Å². The molecule has 1 aromatic heterocycles. The number of nitrogens with zero attached hydrogens (tertiary/aromatic N) is 3. The van der Waals surface area contributed by atoms with Gasteiger partial charge in [0.15, 0.2) is 5.69 Å². The van der Waals surface area contributed by atoms with E-state index in [0.29, 0.717) is 25.3 Å². The molecular formula is C26H35N5O4. The molecule has 1 aliphatic heterocycles. The van der Waals surface area contributed by atoms with Crippen molar-refractivity contribution in [2.75, 3.05) is 13.2 Å². The molecule has 1 fully saturated rings. The summed E-state index contributed by atoms with van der Waals surface area (Å²) in [6, 6.07) is 7.65. The third-order valence-electron chi connectivity index (χ3n) is 6.91. The van der Waals surface area contributed by atoms with Crippen LogP contribution >= 0.6 is 0 Å². The van der Waals surface area contributed by atoms with Crippen LogP contribution in [0.1, 0.15) is 79.4 Å². The number of nitrogens with one attached hydrogen (secondary N) is 2. The maximum Gasteiger partial charge on any atom is 0.273 e. The predicted molar refractivity (Wildman–Crippen MR) is 131 cm³/mol. The number of fused-ring (bicyclic) bond motifs is 1. The van der Waals surface area contributed by atoms with Crippen LogP contribution in [0.25, 0.3) is 0 Å². The Morgan fingerprint density at radius 1 is 1.20 bits per heavy atom. The summed E-state index contributed by atoms with van der Waals surface area (Å²) in [5.74, 6) is -0.228. The van der Waals surface area contributed by atoms with Gasteiger partial charge in [0.1, 0.15) is 17.0 Å². The van der Waals surface area contributed by atoms with Crippen molar-refractivity contribution in [1.82, 2.24) is 25.1 Å². The molecule has 2 aliphatic rings. The summed E-state index contributed by atoms with van der Waals surface area (Å²) in [5.41, 5.74) is 0.0856. The van der Waals surface area contributed by atoms with E-state index in [-0.39, 0.29) is 42.3 Å². The minimum absolute atomic E-state index is 0.0724. The topological polar surface area (TPSA) is 106 Å². The lowest BCUT2D eigenvalue weighted by Crippen LogP contribution is -2.65. The van der Waals surface area contributed by atoms with Gasteiger partial charge in [-0.2, -0.15) is 0 Å². The summed E-state index contributed by atoms with van der Waals surface area (Å²) in [6.45, 7) is 7.11. The number of hydrogen-bond donors (Lipinski definition) is 2. The van der Waals surface area contributed by atoms with Crippen molar-refractivity contribution in [3.8, 4) is 5.75 Å². The molecule has 0 radical (unpaired) electrons. The highest BCUT2D eigenvalue weighted by molar-refractivity contribution is 6.07. The standard InChI is InChI=1S/C26H35N5O4/c1-4-14-31-24(33)22-21(23(32)27-15-18-10-6-9-13-20(18)35-5-2)28-17-30(22)16-26(31,3)25(34)29-19-11-7-8-12-19/h6,9-10,13,17,19H,4-5,7-8,11-12,14-16H2,1-3H3,(H,27,32)(H,29,34). The lowest BCUT2D eigenvalue weighted by atomic mass is 9.93. The van der Waals surface area contributed by atoms with Crippen LogP contribution in [0.3, 0.4) is 0 Å². The smallest absolute Gasteiger partial charge is 0.273 e. The fourth-order valence-electron chi connectivity index (χ4n) is 5.04. The monoisotopic (exact) mass is 481 g/mol. The lowest BCUT2D eigenvalue weighted by molar-refractivity contribution is -0.133. The highest BCUT2D eigenvalue weighted by Crippen LogP contribution is 2.30. The van der Waals surface area contributed by atoms with Gasteiger partial charge in [-0.3, -0.25) is 14.4 Å². The quantitative estimate of drug-likeness (QED) is 0.573. The summed E-state index contributed by atoms with van der Waals surface area (Å²) in [7, 11) is 0. The van der Waals surface area contributed by atoms with E-state index in [9.17, 15) is 14.4 Å². The van der Waals surface area contributed by atoms with E-state index in [1.807, 2.05) is 38.1 Å². The Kier molecular flexibility index (Phi) is 7.42. The molecule has 4 rings (SSSR count). The molecule has 1 aliphatic carbocycles. The molecule has 0 bridgehead atoms. The Balaban J connectivity index is 1.55. The van der Waals surface area contributed by atoms with Crippen molar-refractivity contribution < 1.29 is 19.1 Å². The number of carbonyl (C=O) groups is 3. The Labute approximate surface area is 206 Å². The van der Waals surface area contributed by atoms with Crippen LogP contribution in [0.5, 0.6) is 5.75 Å². The van der Waals surface area contributed by atoms with Crippen LogP contribution in [0.15, 0.2) is 30.6 Å². The number of para-hydroxylation sites is 1. The van der Waals surface area contributed by atoms with Crippen molar-refractivity contribution in [1.29, 1.82) is 0 Å². The molecule has 1 atom stereocenters. The highest BCUT2D eigenvalue weighted by Gasteiger charge is 2.48. The van der Waals surface area contributed by atoms with E-state index < -0.39 is 11.4 Å². The van der Waals surface area contributed by atoms with Gasteiger partial charge in [0.25, 0.3) is 11.8 Å². The van der Waals surface area contributed by atoms with Crippen LogP contribution < -0.4 is 15.4 Å². The molecule has 2 heterocycles. The van der Waals surface area contributed by atoms with Crippen LogP contribution in [0, 0.1) is 0 Å². The third-order valence-corrected chi connectivity index (χ3v) is 6.91. The molecule has 188 valence electrons. The summed E-state index contributed by atoms with van der Waals surface area (Å²) >= 11 is 0. The molecule has 2 N–H and O–H groups in total. The Morgan fingerprint density at radius 3 is 2.66 bits per heavy atom. The number of rotatable bonds is 9. The number of carbonyl (C=O) groups excluding carboxylic acids is 3. The summed E-state index contributed by atoms with van der Waals surface area (Å²) in [6.07, 6.45) is 6.34. The fraction of sp³-hybridized carbons (Fsp3) is 0.538. The second-order valence-corrected chi connectivity index (χ2v) is 9.48. The normalized spacial score (nSPS) is 20.0. The maximum absolute atomic E-state index is 13.6. The molecular weight excluding hydrogens is 446 g/mol. The minimum Gasteiger partial charge on any atom is -0.494 e. The molecule has 3 amide bonds.